The minimum Gasteiger partial charge on any atom is -0.335 e. The summed E-state index contributed by atoms with van der Waals surface area (Å²) >= 11 is 0. The Bertz CT molecular complexity index is 593. The van der Waals surface area contributed by atoms with Crippen molar-refractivity contribution in [3.63, 3.8) is 0 Å². The average Bonchev–Trinajstić information content (AvgIpc) is 2.87. The summed E-state index contributed by atoms with van der Waals surface area (Å²) in [6.45, 7) is 2.42. The van der Waals surface area contributed by atoms with Gasteiger partial charge in [-0.1, -0.05) is 24.3 Å². The first-order valence-electron chi connectivity index (χ1n) is 6.75. The summed E-state index contributed by atoms with van der Waals surface area (Å²) in [4.78, 5) is 13.9. The molecule has 4 nitrogen and oxygen atoms in total. The first-order valence-corrected chi connectivity index (χ1v) is 8.41. The number of benzene rings is 1. The van der Waals surface area contributed by atoms with Crippen molar-refractivity contribution >= 4 is 15.7 Å². The van der Waals surface area contributed by atoms with Gasteiger partial charge in [-0.25, -0.2) is 8.42 Å². The van der Waals surface area contributed by atoms with E-state index < -0.39 is 9.84 Å². The summed E-state index contributed by atoms with van der Waals surface area (Å²) in [6, 6.07) is 8.19. The van der Waals surface area contributed by atoms with E-state index in [9.17, 15) is 13.2 Å². The third-order valence-electron chi connectivity index (χ3n) is 3.48. The van der Waals surface area contributed by atoms with Gasteiger partial charge in [-0.2, -0.15) is 0 Å². The quantitative estimate of drug-likeness (QED) is 0.798. The smallest absolute Gasteiger partial charge is 0.246 e. The van der Waals surface area contributed by atoms with E-state index in [-0.39, 0.29) is 17.7 Å². The van der Waals surface area contributed by atoms with Gasteiger partial charge in [-0.15, -0.1) is 0 Å². The van der Waals surface area contributed by atoms with Crippen LogP contribution in [0, 0.1) is 0 Å². The standard InChI is InChI=1S/C15H19NO3S/c1-2-7-15(17)16-11-6-8-13(16)12-20(18,19)14-9-4-3-5-10-14/h2-5,7,9-10,13H,6,8,11-12H2,1H3/b7-2+. The number of carbonyl (C=O) groups is 1. The molecule has 1 aromatic rings. The third kappa shape index (κ3) is 3.28. The molecule has 1 saturated heterocycles. The van der Waals surface area contributed by atoms with Crippen LogP contribution in [0.15, 0.2) is 47.4 Å². The van der Waals surface area contributed by atoms with E-state index in [0.717, 1.165) is 12.8 Å². The lowest BCUT2D eigenvalue weighted by atomic mass is 10.2. The zero-order valence-electron chi connectivity index (χ0n) is 11.5. The second-order valence-corrected chi connectivity index (χ2v) is 6.96. The number of amides is 1. The predicted molar refractivity (Wildman–Crippen MR) is 78.0 cm³/mol. The van der Waals surface area contributed by atoms with Gasteiger partial charge in [0.1, 0.15) is 0 Å². The van der Waals surface area contributed by atoms with E-state index in [1.807, 2.05) is 0 Å². The van der Waals surface area contributed by atoms with Crippen LogP contribution < -0.4 is 0 Å². The number of hydrogen-bond acceptors (Lipinski definition) is 3. The van der Waals surface area contributed by atoms with Crippen LogP contribution in [0.25, 0.3) is 0 Å². The molecule has 1 aromatic carbocycles. The third-order valence-corrected chi connectivity index (χ3v) is 5.30. The topological polar surface area (TPSA) is 54.5 Å². The maximum Gasteiger partial charge on any atom is 0.246 e. The van der Waals surface area contributed by atoms with Crippen molar-refractivity contribution in [2.24, 2.45) is 0 Å². The van der Waals surface area contributed by atoms with Gasteiger partial charge in [0.05, 0.1) is 10.6 Å². The van der Waals surface area contributed by atoms with Gasteiger partial charge < -0.3 is 4.90 Å². The number of rotatable bonds is 4. The normalized spacial score (nSPS) is 19.6. The number of nitrogens with zero attached hydrogens (tertiary/aromatic N) is 1. The molecule has 0 N–H and O–H groups in total. The molecule has 1 amide bonds. The summed E-state index contributed by atoms with van der Waals surface area (Å²) in [5.41, 5.74) is 0. The molecule has 0 aromatic heterocycles. The van der Waals surface area contributed by atoms with Crippen LogP contribution in [-0.2, 0) is 14.6 Å². The van der Waals surface area contributed by atoms with Crippen LogP contribution in [-0.4, -0.2) is 37.6 Å². The minimum atomic E-state index is -3.34. The molecule has 1 aliphatic rings. The fourth-order valence-corrected chi connectivity index (χ4v) is 4.13. The van der Waals surface area contributed by atoms with E-state index in [1.165, 1.54) is 6.08 Å². The highest BCUT2D eigenvalue weighted by atomic mass is 32.2. The number of hydrogen-bond donors (Lipinski definition) is 0. The van der Waals surface area contributed by atoms with Crippen molar-refractivity contribution in [2.45, 2.75) is 30.7 Å². The van der Waals surface area contributed by atoms with E-state index in [0.29, 0.717) is 11.4 Å². The molecule has 108 valence electrons. The number of likely N-dealkylation sites (tertiary alicyclic amines) is 1. The lowest BCUT2D eigenvalue weighted by Crippen LogP contribution is -2.38. The minimum absolute atomic E-state index is 0.000305. The highest BCUT2D eigenvalue weighted by Gasteiger charge is 2.31. The highest BCUT2D eigenvalue weighted by Crippen LogP contribution is 2.22. The van der Waals surface area contributed by atoms with Gasteiger partial charge in [-0.3, -0.25) is 4.79 Å². The number of allylic oxidation sites excluding steroid dienone is 1. The highest BCUT2D eigenvalue weighted by molar-refractivity contribution is 7.91. The van der Waals surface area contributed by atoms with Crippen molar-refractivity contribution in [1.29, 1.82) is 0 Å². The van der Waals surface area contributed by atoms with E-state index in [2.05, 4.69) is 0 Å². The van der Waals surface area contributed by atoms with Crippen LogP contribution in [0.2, 0.25) is 0 Å². The average molecular weight is 293 g/mol. The van der Waals surface area contributed by atoms with Gasteiger partial charge in [0.15, 0.2) is 9.84 Å². The summed E-state index contributed by atoms with van der Waals surface area (Å²) in [5, 5.41) is 0. The summed E-state index contributed by atoms with van der Waals surface area (Å²) in [7, 11) is -3.34. The zero-order chi connectivity index (χ0) is 14.6. The van der Waals surface area contributed by atoms with Gasteiger partial charge in [-0.05, 0) is 38.0 Å². The molecule has 0 spiro atoms. The van der Waals surface area contributed by atoms with E-state index >= 15 is 0 Å². The van der Waals surface area contributed by atoms with E-state index in [1.54, 1.807) is 48.2 Å². The van der Waals surface area contributed by atoms with Crippen molar-refractivity contribution in [3.8, 4) is 0 Å². The molecule has 1 atom stereocenters. The van der Waals surface area contributed by atoms with Crippen LogP contribution >= 0.6 is 0 Å². The van der Waals surface area contributed by atoms with Gasteiger partial charge in [0.25, 0.3) is 0 Å². The van der Waals surface area contributed by atoms with Crippen LogP contribution in [0.3, 0.4) is 0 Å². The molecule has 20 heavy (non-hydrogen) atoms. The molecule has 1 heterocycles. The molecule has 1 fully saturated rings. The van der Waals surface area contributed by atoms with Crippen molar-refractivity contribution in [1.82, 2.24) is 4.90 Å². The molecule has 0 bridgehead atoms. The number of carbonyl (C=O) groups excluding carboxylic acids is 1. The Balaban J connectivity index is 2.15. The Morgan fingerprint density at radius 2 is 2.05 bits per heavy atom. The molecule has 5 heteroatoms. The van der Waals surface area contributed by atoms with Crippen LogP contribution in [0.5, 0.6) is 0 Å². The first kappa shape index (κ1) is 14.8. The molecule has 1 aliphatic heterocycles. The Kier molecular flexibility index (Phi) is 4.60. The zero-order valence-corrected chi connectivity index (χ0v) is 12.3. The van der Waals surface area contributed by atoms with Gasteiger partial charge in [0.2, 0.25) is 5.91 Å². The Morgan fingerprint density at radius 3 is 2.70 bits per heavy atom. The molecular formula is C15H19NO3S. The first-order chi connectivity index (χ1) is 9.54. The van der Waals surface area contributed by atoms with Gasteiger partial charge in [0, 0.05) is 12.6 Å². The lowest BCUT2D eigenvalue weighted by molar-refractivity contribution is -0.126. The van der Waals surface area contributed by atoms with Crippen molar-refractivity contribution in [2.75, 3.05) is 12.3 Å². The lowest BCUT2D eigenvalue weighted by Gasteiger charge is -2.23. The van der Waals surface area contributed by atoms with Crippen molar-refractivity contribution < 1.29 is 13.2 Å². The largest absolute Gasteiger partial charge is 0.335 e. The molecular weight excluding hydrogens is 274 g/mol. The molecule has 0 saturated carbocycles. The fraction of sp³-hybridized carbons (Fsp3) is 0.400. The Hall–Kier alpha value is -1.62. The van der Waals surface area contributed by atoms with Crippen LogP contribution in [0.1, 0.15) is 19.8 Å². The Labute approximate surface area is 120 Å². The van der Waals surface area contributed by atoms with Gasteiger partial charge >= 0.3 is 0 Å². The molecule has 2 rings (SSSR count). The van der Waals surface area contributed by atoms with E-state index in [4.69, 9.17) is 0 Å². The monoisotopic (exact) mass is 293 g/mol. The van der Waals surface area contributed by atoms with Crippen LogP contribution in [0.4, 0.5) is 0 Å². The fourth-order valence-electron chi connectivity index (χ4n) is 2.51. The van der Waals surface area contributed by atoms with Crippen molar-refractivity contribution in [3.05, 3.63) is 42.5 Å². The summed E-state index contributed by atoms with van der Waals surface area (Å²) < 4.78 is 24.7. The summed E-state index contributed by atoms with van der Waals surface area (Å²) in [6.07, 6.45) is 4.78. The maximum absolute atomic E-state index is 12.4. The maximum atomic E-state index is 12.4. The molecule has 0 aliphatic carbocycles. The second-order valence-electron chi connectivity index (χ2n) is 4.92. The second kappa shape index (κ2) is 6.22. The Morgan fingerprint density at radius 1 is 1.35 bits per heavy atom. The molecule has 0 radical (unpaired) electrons. The molecule has 1 unspecified atom stereocenters. The summed E-state index contributed by atoms with van der Waals surface area (Å²) in [5.74, 6) is -0.0985. The SMILES string of the molecule is C/C=C/C(=O)N1CCCC1CS(=O)(=O)c1ccccc1. The number of sulfone groups is 1. The predicted octanol–water partition coefficient (Wildman–Crippen LogP) is 2.03.